The Labute approximate surface area is 337 Å². The van der Waals surface area contributed by atoms with E-state index in [2.05, 4.69) is 35.7 Å². The molecule has 0 bridgehead atoms. The first-order valence-electron chi connectivity index (χ1n) is 19.8. The molecule has 0 radical (unpaired) electrons. The Morgan fingerprint density at radius 3 is 2.42 bits per heavy atom. The van der Waals surface area contributed by atoms with Crippen molar-refractivity contribution in [1.82, 2.24) is 35.1 Å². The van der Waals surface area contributed by atoms with Crippen LogP contribution in [0.4, 0.5) is 30.6 Å². The number of piperidine rings is 1. The third kappa shape index (κ3) is 9.22. The summed E-state index contributed by atoms with van der Waals surface area (Å²) in [5.74, 6) is -3.07. The second-order valence-electron chi connectivity index (χ2n) is 15.2. The quantitative estimate of drug-likeness (QED) is 0.0955. The molecule has 3 N–H and O–H groups in total. The molecule has 1 saturated carbocycles. The molecule has 15 nitrogen and oxygen atoms in total. The number of piperazine rings is 1. The fraction of sp³-hybridized carbons (Fsp3) is 0.463. The van der Waals surface area contributed by atoms with Crippen LogP contribution in [0.5, 0.6) is 5.75 Å². The zero-order valence-corrected chi connectivity index (χ0v) is 32.9. The normalized spacial score (nSPS) is 17.9. The summed E-state index contributed by atoms with van der Waals surface area (Å²) in [5.41, 5.74) is 0.475. The first-order valence-corrected chi connectivity index (χ1v) is 19.8. The molecule has 1 unspecified atom stereocenters. The molecule has 3 amide bonds. The third-order valence-corrected chi connectivity index (χ3v) is 11.3. The number of rotatable bonds is 13. The summed E-state index contributed by atoms with van der Waals surface area (Å²) in [7, 11) is 0. The minimum Gasteiger partial charge on any atom is -0.483 e. The molecule has 312 valence electrons. The van der Waals surface area contributed by atoms with Gasteiger partial charge in [-0.25, -0.2) is 9.97 Å². The molecular weight excluding hydrogens is 772 g/mol. The highest BCUT2D eigenvalue weighted by Gasteiger charge is 2.41. The van der Waals surface area contributed by atoms with Crippen LogP contribution in [0.25, 0.3) is 11.0 Å². The number of aryl methyl sites for hydroxylation is 1. The van der Waals surface area contributed by atoms with Crippen LogP contribution < -0.4 is 31.1 Å². The average Bonchev–Trinajstić information content (AvgIpc) is 3.73. The maximum Gasteiger partial charge on any atom is 0.420 e. The second-order valence-corrected chi connectivity index (χ2v) is 15.2. The number of nitrogens with one attached hydrogen (secondary N) is 3. The van der Waals surface area contributed by atoms with Crippen LogP contribution in [0.1, 0.15) is 90.9 Å². The maximum atomic E-state index is 14.1. The fourth-order valence-electron chi connectivity index (χ4n) is 8.28. The third-order valence-electron chi connectivity index (χ3n) is 11.3. The van der Waals surface area contributed by atoms with Gasteiger partial charge in [0, 0.05) is 56.8 Å². The number of imide groups is 1. The van der Waals surface area contributed by atoms with E-state index in [9.17, 15) is 37.1 Å². The Balaban J connectivity index is 0.874. The number of alkyl halides is 3. The van der Waals surface area contributed by atoms with Crippen LogP contribution in [0.15, 0.2) is 47.5 Å². The van der Waals surface area contributed by atoms with Gasteiger partial charge in [0.1, 0.15) is 22.8 Å². The van der Waals surface area contributed by atoms with Gasteiger partial charge in [-0.15, -0.1) is 0 Å². The predicted octanol–water partition coefficient (Wildman–Crippen LogP) is 4.80. The zero-order valence-electron chi connectivity index (χ0n) is 32.9. The lowest BCUT2D eigenvalue weighted by molar-refractivity contribution is -0.141. The number of fused-ring (bicyclic) bond motifs is 1. The van der Waals surface area contributed by atoms with Gasteiger partial charge in [-0.3, -0.25) is 38.8 Å². The van der Waals surface area contributed by atoms with Crippen LogP contribution in [-0.4, -0.2) is 93.8 Å². The first kappa shape index (κ1) is 41.3. The molecule has 2 saturated heterocycles. The van der Waals surface area contributed by atoms with Crippen molar-refractivity contribution in [3.63, 3.8) is 0 Å². The van der Waals surface area contributed by atoms with Gasteiger partial charge in [-0.05, 0) is 75.4 Å². The van der Waals surface area contributed by atoms with Crippen LogP contribution >= 0.6 is 0 Å². The molecule has 1 atom stereocenters. The molecule has 59 heavy (non-hydrogen) atoms. The van der Waals surface area contributed by atoms with Gasteiger partial charge in [0.2, 0.25) is 17.8 Å². The predicted molar refractivity (Wildman–Crippen MR) is 212 cm³/mol. The fourth-order valence-corrected chi connectivity index (χ4v) is 8.28. The van der Waals surface area contributed by atoms with Gasteiger partial charge in [-0.2, -0.15) is 18.2 Å². The number of Topliss-reactive ketones (excluding diaryl/α,β-unsaturated/α-hetero) is 1. The highest BCUT2D eigenvalue weighted by Crippen LogP contribution is 2.43. The molecule has 7 rings (SSSR count). The molecule has 2 aliphatic heterocycles. The molecule has 1 aromatic carbocycles. The lowest BCUT2D eigenvalue weighted by atomic mass is 9.87. The van der Waals surface area contributed by atoms with E-state index in [0.29, 0.717) is 47.9 Å². The summed E-state index contributed by atoms with van der Waals surface area (Å²) in [6.07, 6.45) is 2.78. The van der Waals surface area contributed by atoms with Crippen molar-refractivity contribution in [3.05, 3.63) is 75.3 Å². The van der Waals surface area contributed by atoms with Gasteiger partial charge in [-0.1, -0.05) is 25.0 Å². The number of anilines is 3. The number of pyridine rings is 2. The minimum atomic E-state index is -4.85. The molecular formula is C41H46F3N9O6. The van der Waals surface area contributed by atoms with Gasteiger partial charge in [0.15, 0.2) is 12.4 Å². The summed E-state index contributed by atoms with van der Waals surface area (Å²) in [6.45, 7) is 6.61. The standard InChI is InChI=1S/C41H46F3N9O6/c1-24-30-22-47-40(50-37(30)53(26-7-3-4-8-26)39(58)35(24)25(2)54)48-32-13-11-27(21-46-32)52-19-17-51(18-20-52)16-6-15-45-34(56)23-59-31-10-5-9-28(36(31)41(42,43)44)29-12-14-33(55)49-38(29)57/h5,9-11,13,21-22,26,29H,3-4,6-8,12,14-20,23H2,1-2H3,(H,45,56)(H,49,55,57)(H,46,47,48,50). The monoisotopic (exact) mass is 817 g/mol. The Kier molecular flexibility index (Phi) is 12.3. The van der Waals surface area contributed by atoms with E-state index in [1.807, 2.05) is 12.1 Å². The molecule has 3 aromatic heterocycles. The molecule has 4 aromatic rings. The number of amides is 3. The van der Waals surface area contributed by atoms with Crippen molar-refractivity contribution in [2.24, 2.45) is 0 Å². The van der Waals surface area contributed by atoms with Crippen LogP contribution in [-0.2, 0) is 20.6 Å². The van der Waals surface area contributed by atoms with Crippen molar-refractivity contribution in [1.29, 1.82) is 0 Å². The largest absolute Gasteiger partial charge is 0.483 e. The molecule has 3 fully saturated rings. The van der Waals surface area contributed by atoms with Gasteiger partial charge in [0.25, 0.3) is 11.5 Å². The first-order chi connectivity index (χ1) is 28.3. The highest BCUT2D eigenvalue weighted by molar-refractivity contribution is 6.01. The van der Waals surface area contributed by atoms with E-state index in [1.165, 1.54) is 19.1 Å². The minimum absolute atomic E-state index is 0.0246. The topological polar surface area (TPSA) is 181 Å². The van der Waals surface area contributed by atoms with Crippen LogP contribution in [0.2, 0.25) is 0 Å². The number of halogens is 3. The SMILES string of the molecule is CC(=O)c1c(C)c2cnc(Nc3ccc(N4CCN(CCCNC(=O)COc5cccc(C6CCC(=O)NC6=O)c5C(F)(F)F)CC4)cn3)nc2n(C2CCCC2)c1=O. The Morgan fingerprint density at radius 1 is 0.983 bits per heavy atom. The number of hydrogen-bond donors (Lipinski definition) is 3. The van der Waals surface area contributed by atoms with E-state index in [-0.39, 0.29) is 41.4 Å². The van der Waals surface area contributed by atoms with Crippen molar-refractivity contribution in [2.45, 2.75) is 76.9 Å². The lowest BCUT2D eigenvalue weighted by Gasteiger charge is -2.36. The van der Waals surface area contributed by atoms with Crippen molar-refractivity contribution >= 4 is 52.0 Å². The summed E-state index contributed by atoms with van der Waals surface area (Å²) >= 11 is 0. The summed E-state index contributed by atoms with van der Waals surface area (Å²) in [4.78, 5) is 80.7. The van der Waals surface area contributed by atoms with E-state index < -0.39 is 47.7 Å². The van der Waals surface area contributed by atoms with E-state index in [1.54, 1.807) is 23.9 Å². The van der Waals surface area contributed by atoms with E-state index in [0.717, 1.165) is 63.6 Å². The molecule has 1 aliphatic carbocycles. The van der Waals surface area contributed by atoms with Gasteiger partial charge >= 0.3 is 6.18 Å². The summed E-state index contributed by atoms with van der Waals surface area (Å²) < 4.78 is 49.4. The Morgan fingerprint density at radius 2 is 1.75 bits per heavy atom. The number of ether oxygens (including phenoxy) is 1. The number of hydrogen-bond acceptors (Lipinski definition) is 12. The zero-order chi connectivity index (χ0) is 41.8. The number of aromatic nitrogens is 4. The summed E-state index contributed by atoms with van der Waals surface area (Å²) in [6, 6.07) is 7.41. The number of nitrogens with zero attached hydrogens (tertiary/aromatic N) is 6. The number of ketones is 1. The Hall–Kier alpha value is -5.91. The number of carbonyl (C=O) groups excluding carboxylic acids is 4. The number of benzene rings is 1. The molecule has 3 aliphatic rings. The smallest absolute Gasteiger partial charge is 0.420 e. The molecule has 0 spiro atoms. The van der Waals surface area contributed by atoms with E-state index >= 15 is 0 Å². The average molecular weight is 818 g/mol. The molecule has 18 heteroatoms. The highest BCUT2D eigenvalue weighted by atomic mass is 19.4. The van der Waals surface area contributed by atoms with E-state index in [4.69, 9.17) is 9.72 Å². The van der Waals surface area contributed by atoms with Crippen molar-refractivity contribution in [2.75, 3.05) is 56.1 Å². The molecule has 5 heterocycles. The van der Waals surface area contributed by atoms with Crippen molar-refractivity contribution < 1.29 is 37.1 Å². The second kappa shape index (κ2) is 17.5. The van der Waals surface area contributed by atoms with Gasteiger partial charge in [0.05, 0.1) is 23.4 Å². The van der Waals surface area contributed by atoms with Crippen LogP contribution in [0.3, 0.4) is 0 Å². The van der Waals surface area contributed by atoms with Crippen LogP contribution in [0, 0.1) is 6.92 Å². The lowest BCUT2D eigenvalue weighted by Crippen LogP contribution is -2.47. The van der Waals surface area contributed by atoms with Gasteiger partial charge < -0.3 is 20.3 Å². The number of carbonyl (C=O) groups is 4. The summed E-state index contributed by atoms with van der Waals surface area (Å²) in [5, 5.41) is 8.61. The Bertz CT molecular complexity index is 2300. The van der Waals surface area contributed by atoms with Crippen molar-refractivity contribution in [3.8, 4) is 5.75 Å². The maximum absolute atomic E-state index is 14.1.